The smallest absolute Gasteiger partial charge is 0.240 e. The van der Waals surface area contributed by atoms with Crippen molar-refractivity contribution >= 4 is 27.7 Å². The highest BCUT2D eigenvalue weighted by Gasteiger charge is 2.11. The van der Waals surface area contributed by atoms with Crippen LogP contribution in [0.15, 0.2) is 93.5 Å². The third kappa shape index (κ3) is 6.19. The van der Waals surface area contributed by atoms with Crippen LogP contribution in [-0.4, -0.2) is 21.4 Å². The van der Waals surface area contributed by atoms with Crippen molar-refractivity contribution in [1.29, 1.82) is 0 Å². The van der Waals surface area contributed by atoms with Crippen molar-refractivity contribution in [1.82, 2.24) is 10.0 Å². The summed E-state index contributed by atoms with van der Waals surface area (Å²) in [5, 5.41) is 2.98. The standard InChI is InChI=1S/C23H24N2O3S2/c1-24-30(27,28)21-14-11-18(12-15-21)13-16-23(26)25-17-19-7-5-6-10-22(19)29-20-8-3-2-4-9-20/h2-12,14-15,24H,13,16-17H2,1H3,(H,25,26). The largest absolute Gasteiger partial charge is 0.352 e. The molecule has 156 valence electrons. The molecule has 0 atom stereocenters. The number of sulfonamides is 1. The van der Waals surface area contributed by atoms with Gasteiger partial charge in [-0.3, -0.25) is 4.79 Å². The molecule has 30 heavy (non-hydrogen) atoms. The molecule has 0 saturated heterocycles. The molecule has 2 N–H and O–H groups in total. The Kier molecular flexibility index (Phi) is 7.68. The van der Waals surface area contributed by atoms with Crippen molar-refractivity contribution in [3.8, 4) is 0 Å². The lowest BCUT2D eigenvalue weighted by atomic mass is 10.1. The monoisotopic (exact) mass is 440 g/mol. The van der Waals surface area contributed by atoms with E-state index in [4.69, 9.17) is 0 Å². The molecule has 5 nitrogen and oxygen atoms in total. The molecule has 3 aromatic carbocycles. The summed E-state index contributed by atoms with van der Waals surface area (Å²) in [6, 6.07) is 24.8. The van der Waals surface area contributed by atoms with Gasteiger partial charge in [-0.15, -0.1) is 0 Å². The lowest BCUT2D eigenvalue weighted by molar-refractivity contribution is -0.121. The second-order valence-corrected chi connectivity index (χ2v) is 9.65. The van der Waals surface area contributed by atoms with Crippen molar-refractivity contribution in [2.24, 2.45) is 0 Å². The molecule has 3 aromatic rings. The van der Waals surface area contributed by atoms with Gasteiger partial charge in [0.2, 0.25) is 15.9 Å². The van der Waals surface area contributed by atoms with Crippen LogP contribution >= 0.6 is 11.8 Å². The van der Waals surface area contributed by atoms with Crippen LogP contribution < -0.4 is 10.0 Å². The Morgan fingerprint density at radius 2 is 1.57 bits per heavy atom. The molecule has 0 heterocycles. The minimum absolute atomic E-state index is 0.0403. The second-order valence-electron chi connectivity index (χ2n) is 6.65. The van der Waals surface area contributed by atoms with Crippen LogP contribution in [0.5, 0.6) is 0 Å². The summed E-state index contributed by atoms with van der Waals surface area (Å²) in [4.78, 5) is 14.8. The summed E-state index contributed by atoms with van der Waals surface area (Å²) in [6.45, 7) is 0.466. The van der Waals surface area contributed by atoms with Crippen LogP contribution in [0.4, 0.5) is 0 Å². The fourth-order valence-electron chi connectivity index (χ4n) is 2.86. The first-order valence-electron chi connectivity index (χ1n) is 9.58. The molecule has 0 aromatic heterocycles. The highest BCUT2D eigenvalue weighted by atomic mass is 32.2. The van der Waals surface area contributed by atoms with E-state index in [1.54, 1.807) is 36.0 Å². The zero-order chi connectivity index (χ0) is 21.4. The van der Waals surface area contributed by atoms with Crippen molar-refractivity contribution < 1.29 is 13.2 Å². The van der Waals surface area contributed by atoms with Crippen LogP contribution in [0.3, 0.4) is 0 Å². The minimum atomic E-state index is -3.44. The highest BCUT2D eigenvalue weighted by Crippen LogP contribution is 2.30. The maximum Gasteiger partial charge on any atom is 0.240 e. The third-order valence-corrected chi connectivity index (χ3v) is 7.12. The van der Waals surface area contributed by atoms with Crippen molar-refractivity contribution in [2.75, 3.05) is 7.05 Å². The topological polar surface area (TPSA) is 75.3 Å². The lowest BCUT2D eigenvalue weighted by Gasteiger charge is -2.11. The molecule has 3 rings (SSSR count). The van der Waals surface area contributed by atoms with Gasteiger partial charge < -0.3 is 5.32 Å². The first kappa shape index (κ1) is 22.1. The number of rotatable bonds is 9. The number of hydrogen-bond donors (Lipinski definition) is 2. The number of hydrogen-bond acceptors (Lipinski definition) is 4. The average Bonchev–Trinajstić information content (AvgIpc) is 2.78. The van der Waals surface area contributed by atoms with E-state index in [0.717, 1.165) is 20.9 Å². The van der Waals surface area contributed by atoms with E-state index in [9.17, 15) is 13.2 Å². The zero-order valence-corrected chi connectivity index (χ0v) is 18.3. The number of amides is 1. The molecule has 0 aliphatic carbocycles. The Bertz CT molecular complexity index is 1080. The Morgan fingerprint density at radius 1 is 0.900 bits per heavy atom. The molecule has 0 aliphatic heterocycles. The summed E-state index contributed by atoms with van der Waals surface area (Å²) in [7, 11) is -2.06. The minimum Gasteiger partial charge on any atom is -0.352 e. The fourth-order valence-corrected chi connectivity index (χ4v) is 4.55. The van der Waals surface area contributed by atoms with Crippen LogP contribution in [0.25, 0.3) is 0 Å². The van der Waals surface area contributed by atoms with Gasteiger partial charge in [0.1, 0.15) is 0 Å². The van der Waals surface area contributed by atoms with Crippen molar-refractivity contribution in [2.45, 2.75) is 34.1 Å². The van der Waals surface area contributed by atoms with Gasteiger partial charge in [0, 0.05) is 22.8 Å². The SMILES string of the molecule is CNS(=O)(=O)c1ccc(CCC(=O)NCc2ccccc2Sc2ccccc2)cc1. The van der Waals surface area contributed by atoms with Crippen molar-refractivity contribution in [3.05, 3.63) is 90.0 Å². The van der Waals surface area contributed by atoms with Gasteiger partial charge in [-0.1, -0.05) is 60.3 Å². The van der Waals surface area contributed by atoms with Gasteiger partial charge in [0.05, 0.1) is 4.90 Å². The predicted molar refractivity (Wildman–Crippen MR) is 120 cm³/mol. The fraction of sp³-hybridized carbons (Fsp3) is 0.174. The number of aryl methyl sites for hydroxylation is 1. The van der Waals surface area contributed by atoms with Gasteiger partial charge in [-0.2, -0.15) is 0 Å². The maximum absolute atomic E-state index is 12.3. The second kappa shape index (κ2) is 10.4. The first-order valence-corrected chi connectivity index (χ1v) is 11.9. The number of benzene rings is 3. The molecule has 0 radical (unpaired) electrons. The Labute approximate surface area is 182 Å². The van der Waals surface area contributed by atoms with E-state index in [2.05, 4.69) is 28.2 Å². The van der Waals surface area contributed by atoms with Gasteiger partial charge in [-0.25, -0.2) is 13.1 Å². The molecule has 0 unspecified atom stereocenters. The van der Waals surface area contributed by atoms with Gasteiger partial charge in [-0.05, 0) is 54.9 Å². The maximum atomic E-state index is 12.3. The van der Waals surface area contributed by atoms with E-state index in [1.165, 1.54) is 7.05 Å². The van der Waals surface area contributed by atoms with Crippen LogP contribution in [0.2, 0.25) is 0 Å². The molecule has 7 heteroatoms. The summed E-state index contributed by atoms with van der Waals surface area (Å²) in [5.74, 6) is -0.0403. The molecule has 0 spiro atoms. The molecule has 0 bridgehead atoms. The van der Waals surface area contributed by atoms with Gasteiger partial charge in [0.15, 0.2) is 0 Å². The van der Waals surface area contributed by atoms with E-state index in [-0.39, 0.29) is 10.8 Å². The lowest BCUT2D eigenvalue weighted by Crippen LogP contribution is -2.23. The summed E-state index contributed by atoms with van der Waals surface area (Å²) < 4.78 is 25.8. The van der Waals surface area contributed by atoms with E-state index in [1.807, 2.05) is 36.4 Å². The molecular formula is C23H24N2O3S2. The van der Waals surface area contributed by atoms with E-state index >= 15 is 0 Å². The number of carbonyl (C=O) groups excluding carboxylic acids is 1. The Balaban J connectivity index is 1.53. The predicted octanol–water partition coefficient (Wildman–Crippen LogP) is 3.99. The summed E-state index contributed by atoms with van der Waals surface area (Å²) in [5.41, 5.74) is 1.99. The summed E-state index contributed by atoms with van der Waals surface area (Å²) >= 11 is 1.68. The van der Waals surface area contributed by atoms with Crippen LogP contribution in [0.1, 0.15) is 17.5 Å². The normalized spacial score (nSPS) is 11.2. The molecule has 1 amide bonds. The Morgan fingerprint density at radius 3 is 2.27 bits per heavy atom. The molecule has 0 fully saturated rings. The molecule has 0 saturated carbocycles. The highest BCUT2D eigenvalue weighted by molar-refractivity contribution is 7.99. The zero-order valence-electron chi connectivity index (χ0n) is 16.7. The van der Waals surface area contributed by atoms with E-state index < -0.39 is 10.0 Å². The van der Waals surface area contributed by atoms with Crippen LogP contribution in [0, 0.1) is 0 Å². The number of carbonyl (C=O) groups is 1. The first-order chi connectivity index (χ1) is 14.5. The van der Waals surface area contributed by atoms with Crippen molar-refractivity contribution in [3.63, 3.8) is 0 Å². The molecular weight excluding hydrogens is 416 g/mol. The van der Waals surface area contributed by atoms with Gasteiger partial charge in [0.25, 0.3) is 0 Å². The van der Waals surface area contributed by atoms with Crippen LogP contribution in [-0.2, 0) is 27.8 Å². The third-order valence-electron chi connectivity index (χ3n) is 4.56. The number of nitrogens with one attached hydrogen (secondary N) is 2. The quantitative estimate of drug-likeness (QED) is 0.527. The van der Waals surface area contributed by atoms with E-state index in [0.29, 0.717) is 19.4 Å². The van der Waals surface area contributed by atoms with Gasteiger partial charge >= 0.3 is 0 Å². The molecule has 0 aliphatic rings. The average molecular weight is 441 g/mol. The Hall–Kier alpha value is -2.61. The summed E-state index contributed by atoms with van der Waals surface area (Å²) in [6.07, 6.45) is 0.887.